The van der Waals surface area contributed by atoms with E-state index in [1.807, 2.05) is 0 Å². The van der Waals surface area contributed by atoms with Gasteiger partial charge in [-0.15, -0.1) is 11.3 Å². The molecular formula is C13H14F3N3O2S2. The maximum atomic E-state index is 12.6. The molecule has 0 fully saturated rings. The predicted molar refractivity (Wildman–Crippen MR) is 82.0 cm³/mol. The van der Waals surface area contributed by atoms with Crippen molar-refractivity contribution in [2.75, 3.05) is 18.4 Å². The minimum absolute atomic E-state index is 0.0250. The summed E-state index contributed by atoms with van der Waals surface area (Å²) in [6.45, 7) is 1.93. The molecule has 0 aliphatic heterocycles. The number of aryl methyl sites for hydroxylation is 1. The molecule has 0 saturated carbocycles. The van der Waals surface area contributed by atoms with Crippen molar-refractivity contribution in [2.24, 2.45) is 0 Å². The Morgan fingerprint density at radius 3 is 2.57 bits per heavy atom. The van der Waals surface area contributed by atoms with Crippen LogP contribution in [0.3, 0.4) is 0 Å². The standard InChI is InChI=1S/C13H14F3N3O2S2/c1-9-2-3-12(22-9)23(20,21)19-7-6-18-11-8-10(4-5-17-11)13(14,15)16/h2-5,8,19H,6-7H2,1H3,(H,17,18). The highest BCUT2D eigenvalue weighted by Gasteiger charge is 2.30. The molecule has 0 amide bonds. The highest BCUT2D eigenvalue weighted by molar-refractivity contribution is 7.91. The van der Waals surface area contributed by atoms with Gasteiger partial charge >= 0.3 is 6.18 Å². The Morgan fingerprint density at radius 2 is 1.96 bits per heavy atom. The van der Waals surface area contributed by atoms with E-state index in [0.29, 0.717) is 0 Å². The normalized spacial score (nSPS) is 12.3. The Morgan fingerprint density at radius 1 is 1.22 bits per heavy atom. The highest BCUT2D eigenvalue weighted by Crippen LogP contribution is 2.29. The van der Waals surface area contributed by atoms with E-state index in [1.54, 1.807) is 13.0 Å². The summed E-state index contributed by atoms with van der Waals surface area (Å²) in [6.07, 6.45) is -3.40. The van der Waals surface area contributed by atoms with E-state index in [1.165, 1.54) is 6.07 Å². The molecule has 0 aliphatic carbocycles. The quantitative estimate of drug-likeness (QED) is 0.773. The van der Waals surface area contributed by atoms with Crippen molar-refractivity contribution in [1.82, 2.24) is 9.71 Å². The van der Waals surface area contributed by atoms with E-state index in [-0.39, 0.29) is 23.1 Å². The van der Waals surface area contributed by atoms with E-state index in [9.17, 15) is 21.6 Å². The number of thiophene rings is 1. The van der Waals surface area contributed by atoms with Crippen LogP contribution in [-0.4, -0.2) is 26.5 Å². The molecule has 2 aromatic heterocycles. The maximum absolute atomic E-state index is 12.6. The first-order valence-corrected chi connectivity index (χ1v) is 8.82. The van der Waals surface area contributed by atoms with Crippen molar-refractivity contribution in [2.45, 2.75) is 17.3 Å². The van der Waals surface area contributed by atoms with Crippen LogP contribution in [0.1, 0.15) is 10.4 Å². The number of nitrogens with zero attached hydrogens (tertiary/aromatic N) is 1. The number of pyridine rings is 1. The molecule has 0 spiro atoms. The monoisotopic (exact) mass is 365 g/mol. The Bertz CT molecular complexity index is 773. The zero-order valence-electron chi connectivity index (χ0n) is 12.0. The Hall–Kier alpha value is -1.65. The van der Waals surface area contributed by atoms with Gasteiger partial charge in [0.25, 0.3) is 0 Å². The Balaban J connectivity index is 1.88. The van der Waals surface area contributed by atoms with Crippen LogP contribution in [0.5, 0.6) is 0 Å². The molecule has 2 heterocycles. The van der Waals surface area contributed by atoms with E-state index in [4.69, 9.17) is 0 Å². The minimum atomic E-state index is -4.45. The van der Waals surface area contributed by atoms with Crippen LogP contribution in [0.2, 0.25) is 0 Å². The number of anilines is 1. The van der Waals surface area contributed by atoms with Gasteiger partial charge in [0.15, 0.2) is 0 Å². The average molecular weight is 365 g/mol. The van der Waals surface area contributed by atoms with Gasteiger partial charge in [-0.05, 0) is 31.2 Å². The van der Waals surface area contributed by atoms with Crippen molar-refractivity contribution >= 4 is 27.2 Å². The van der Waals surface area contributed by atoms with E-state index in [2.05, 4.69) is 15.0 Å². The van der Waals surface area contributed by atoms with E-state index >= 15 is 0 Å². The number of nitrogens with one attached hydrogen (secondary N) is 2. The Labute approximate surface area is 135 Å². The summed E-state index contributed by atoms with van der Waals surface area (Å²) >= 11 is 1.15. The number of rotatable bonds is 6. The fraction of sp³-hybridized carbons (Fsp3) is 0.308. The lowest BCUT2D eigenvalue weighted by atomic mass is 10.2. The highest BCUT2D eigenvalue weighted by atomic mass is 32.2. The Kier molecular flexibility index (Phi) is 5.27. The molecule has 0 aromatic carbocycles. The fourth-order valence-electron chi connectivity index (χ4n) is 1.71. The van der Waals surface area contributed by atoms with Gasteiger partial charge in [0.2, 0.25) is 10.0 Å². The molecular weight excluding hydrogens is 351 g/mol. The van der Waals surface area contributed by atoms with Crippen molar-refractivity contribution in [3.8, 4) is 0 Å². The fourth-order valence-corrected chi connectivity index (χ4v) is 4.07. The largest absolute Gasteiger partial charge is 0.416 e. The lowest BCUT2D eigenvalue weighted by molar-refractivity contribution is -0.137. The lowest BCUT2D eigenvalue weighted by Crippen LogP contribution is -2.28. The van der Waals surface area contributed by atoms with Crippen LogP contribution in [0.4, 0.5) is 19.0 Å². The van der Waals surface area contributed by atoms with Crippen LogP contribution in [0.15, 0.2) is 34.7 Å². The van der Waals surface area contributed by atoms with Crippen molar-refractivity contribution in [3.63, 3.8) is 0 Å². The second-order valence-electron chi connectivity index (χ2n) is 4.62. The molecule has 0 unspecified atom stereocenters. The molecule has 2 N–H and O–H groups in total. The van der Waals surface area contributed by atoms with Crippen molar-refractivity contribution < 1.29 is 21.6 Å². The third-order valence-corrected chi connectivity index (χ3v) is 5.74. The van der Waals surface area contributed by atoms with Gasteiger partial charge in [-0.25, -0.2) is 18.1 Å². The number of hydrogen-bond acceptors (Lipinski definition) is 5. The minimum Gasteiger partial charge on any atom is -0.369 e. The molecule has 0 bridgehead atoms. The van der Waals surface area contributed by atoms with Gasteiger partial charge in [-0.2, -0.15) is 13.2 Å². The number of aromatic nitrogens is 1. The molecule has 2 aromatic rings. The topological polar surface area (TPSA) is 71.1 Å². The lowest BCUT2D eigenvalue weighted by Gasteiger charge is -2.10. The second kappa shape index (κ2) is 6.85. The van der Waals surface area contributed by atoms with Crippen LogP contribution in [-0.2, 0) is 16.2 Å². The molecule has 2 rings (SSSR count). The van der Waals surface area contributed by atoms with Crippen LogP contribution < -0.4 is 10.0 Å². The van der Waals surface area contributed by atoms with Crippen molar-refractivity contribution in [1.29, 1.82) is 0 Å². The second-order valence-corrected chi connectivity index (χ2v) is 7.90. The van der Waals surface area contributed by atoms with Gasteiger partial charge < -0.3 is 5.32 Å². The number of hydrogen-bond donors (Lipinski definition) is 2. The first kappa shape index (κ1) is 17.7. The summed E-state index contributed by atoms with van der Waals surface area (Å²) in [5.41, 5.74) is -0.815. The molecule has 0 saturated heterocycles. The first-order valence-electron chi connectivity index (χ1n) is 6.52. The molecule has 5 nitrogen and oxygen atoms in total. The van der Waals surface area contributed by atoms with Crippen LogP contribution >= 0.6 is 11.3 Å². The molecule has 10 heteroatoms. The smallest absolute Gasteiger partial charge is 0.369 e. The molecule has 23 heavy (non-hydrogen) atoms. The third-order valence-electron chi connectivity index (χ3n) is 2.79. The van der Waals surface area contributed by atoms with Crippen LogP contribution in [0, 0.1) is 6.92 Å². The first-order chi connectivity index (χ1) is 10.7. The summed E-state index contributed by atoms with van der Waals surface area (Å²) in [6, 6.07) is 4.94. The summed E-state index contributed by atoms with van der Waals surface area (Å²) < 4.78 is 64.1. The maximum Gasteiger partial charge on any atom is 0.416 e. The molecule has 126 valence electrons. The molecule has 0 aliphatic rings. The summed E-state index contributed by atoms with van der Waals surface area (Å²) in [5, 5.41) is 2.65. The predicted octanol–water partition coefficient (Wildman–Crippen LogP) is 2.86. The van der Waals surface area contributed by atoms with Gasteiger partial charge in [0, 0.05) is 24.2 Å². The SMILES string of the molecule is Cc1ccc(S(=O)(=O)NCCNc2cc(C(F)(F)F)ccn2)s1. The van der Waals surface area contributed by atoms with Gasteiger partial charge in [0.05, 0.1) is 5.56 Å². The summed E-state index contributed by atoms with van der Waals surface area (Å²) in [4.78, 5) is 4.63. The zero-order valence-corrected chi connectivity index (χ0v) is 13.6. The number of halogens is 3. The van der Waals surface area contributed by atoms with E-state index < -0.39 is 21.8 Å². The van der Waals surface area contributed by atoms with Gasteiger partial charge in [-0.3, -0.25) is 0 Å². The summed E-state index contributed by atoms with van der Waals surface area (Å²) in [7, 11) is -3.60. The third kappa shape index (κ3) is 4.91. The zero-order chi connectivity index (χ0) is 17.1. The number of sulfonamides is 1. The average Bonchev–Trinajstić information content (AvgIpc) is 2.91. The van der Waals surface area contributed by atoms with E-state index in [0.717, 1.165) is 34.5 Å². The van der Waals surface area contributed by atoms with Crippen molar-refractivity contribution in [3.05, 3.63) is 40.9 Å². The summed E-state index contributed by atoms with van der Waals surface area (Å²) in [5.74, 6) is 0.0333. The van der Waals surface area contributed by atoms with Gasteiger partial charge in [-0.1, -0.05) is 0 Å². The number of alkyl halides is 3. The van der Waals surface area contributed by atoms with Crippen LogP contribution in [0.25, 0.3) is 0 Å². The van der Waals surface area contributed by atoms with Gasteiger partial charge in [0.1, 0.15) is 10.0 Å². The molecule has 0 atom stereocenters. The molecule has 0 radical (unpaired) electrons.